The molecule has 0 heterocycles. The first kappa shape index (κ1) is 26.8. The van der Waals surface area contributed by atoms with Crippen molar-refractivity contribution in [2.45, 2.75) is 46.4 Å². The Bertz CT molecular complexity index is 1020. The largest absolute Gasteiger partial charge is 0.741 e. The van der Waals surface area contributed by atoms with Gasteiger partial charge in [0.2, 0.25) is 0 Å². The Kier molecular flexibility index (Phi) is 10.3. The minimum Gasteiger partial charge on any atom is -0.741 e. The molecule has 4 nitrogen and oxygen atoms in total. The van der Waals surface area contributed by atoms with Crippen molar-refractivity contribution in [3.05, 3.63) is 84.9 Å². The van der Waals surface area contributed by atoms with E-state index in [-0.39, 0.29) is 10.9 Å². The fourth-order valence-electron chi connectivity index (χ4n) is 2.74. The second kappa shape index (κ2) is 12.7. The van der Waals surface area contributed by atoms with Crippen LogP contribution in [0, 0.1) is 0 Å². The molecule has 0 N–H and O–H groups in total. The molecule has 0 spiro atoms. The lowest BCUT2D eigenvalue weighted by molar-refractivity contribution is -0.0517. The summed E-state index contributed by atoms with van der Waals surface area (Å²) in [5.74, 6) is 0.963. The second-order valence-corrected chi connectivity index (χ2v) is 10.3. The van der Waals surface area contributed by atoms with Crippen molar-refractivity contribution >= 4 is 21.0 Å². The van der Waals surface area contributed by atoms with E-state index >= 15 is 0 Å². The van der Waals surface area contributed by atoms with E-state index in [2.05, 4.69) is 91.9 Å². The molecule has 3 rings (SSSR count). The maximum Gasteiger partial charge on any atom is 0.485 e. The minimum absolute atomic E-state index is 0.0872. The fourth-order valence-corrected chi connectivity index (χ4v) is 4.82. The number of rotatable bonds is 8. The zero-order valence-corrected chi connectivity index (χ0v) is 19.6. The molecule has 3 aromatic carbocycles. The van der Waals surface area contributed by atoms with E-state index in [1.807, 2.05) is 0 Å². The number of ether oxygens (including phenoxy) is 1. The van der Waals surface area contributed by atoms with Crippen molar-refractivity contribution in [3.63, 3.8) is 0 Å². The van der Waals surface area contributed by atoms with Crippen LogP contribution in [0.2, 0.25) is 0 Å². The molecule has 0 aliphatic carbocycles. The van der Waals surface area contributed by atoms with Crippen molar-refractivity contribution in [1.29, 1.82) is 0 Å². The van der Waals surface area contributed by atoms with Crippen molar-refractivity contribution in [2.24, 2.45) is 0 Å². The van der Waals surface area contributed by atoms with Crippen LogP contribution in [0.25, 0.3) is 0 Å². The van der Waals surface area contributed by atoms with Gasteiger partial charge < -0.3 is 9.29 Å². The molecular formula is C24H25F3O4S2. The standard InChI is InChI=1S/C23H25OS.CHF3O3S/c1-2-3-10-19-24-20-15-17-23(18-16-20)25(21-11-6-4-7-12-21)22-13-8-5-9-14-22;2-1(3,4)8(5,6)7/h4-9,11-18H,2-3,10,19H2,1H3;(H,5,6,7)/q+1;/p-1. The second-order valence-electron chi connectivity index (χ2n) is 6.86. The van der Waals surface area contributed by atoms with Crippen LogP contribution in [0.1, 0.15) is 26.2 Å². The zero-order chi connectivity index (χ0) is 24.3. The third kappa shape index (κ3) is 8.75. The molecule has 0 radical (unpaired) electrons. The molecule has 0 unspecified atom stereocenters. The van der Waals surface area contributed by atoms with Gasteiger partial charge in [-0.3, -0.25) is 0 Å². The lowest BCUT2D eigenvalue weighted by Gasteiger charge is -2.09. The van der Waals surface area contributed by atoms with Gasteiger partial charge in [-0.1, -0.05) is 56.2 Å². The molecule has 0 aliphatic rings. The highest BCUT2D eigenvalue weighted by atomic mass is 32.2. The van der Waals surface area contributed by atoms with Crippen molar-refractivity contribution in [3.8, 4) is 5.75 Å². The number of hydrogen-bond acceptors (Lipinski definition) is 4. The smallest absolute Gasteiger partial charge is 0.485 e. The number of hydrogen-bond donors (Lipinski definition) is 0. The summed E-state index contributed by atoms with van der Waals surface area (Å²) < 4.78 is 64.8. The highest BCUT2D eigenvalue weighted by Gasteiger charge is 2.37. The van der Waals surface area contributed by atoms with Gasteiger partial charge in [0, 0.05) is 0 Å². The third-order valence-corrected chi connectivity index (χ3v) is 7.11. The molecule has 0 fully saturated rings. The molecule has 0 aliphatic heterocycles. The Morgan fingerprint density at radius 3 is 1.61 bits per heavy atom. The Morgan fingerprint density at radius 2 is 1.21 bits per heavy atom. The van der Waals surface area contributed by atoms with Crippen molar-refractivity contribution < 1.29 is 30.9 Å². The average Bonchev–Trinajstić information content (AvgIpc) is 2.78. The Morgan fingerprint density at radius 1 is 0.788 bits per heavy atom. The molecule has 3 aromatic rings. The highest BCUT2D eigenvalue weighted by molar-refractivity contribution is 7.97. The molecule has 0 amide bonds. The number of unbranched alkanes of at least 4 members (excludes halogenated alkanes) is 2. The van der Waals surface area contributed by atoms with Crippen LogP contribution in [0.4, 0.5) is 13.2 Å². The first-order valence-electron chi connectivity index (χ1n) is 10.2. The van der Waals surface area contributed by atoms with Crippen LogP contribution >= 0.6 is 0 Å². The maximum atomic E-state index is 10.7. The lowest BCUT2D eigenvalue weighted by atomic mass is 10.3. The van der Waals surface area contributed by atoms with Gasteiger partial charge in [0.1, 0.15) is 5.75 Å². The van der Waals surface area contributed by atoms with Crippen LogP contribution in [-0.4, -0.2) is 25.1 Å². The van der Waals surface area contributed by atoms with Crippen LogP contribution in [0.5, 0.6) is 5.75 Å². The topological polar surface area (TPSA) is 66.4 Å². The summed E-state index contributed by atoms with van der Waals surface area (Å²) in [6.07, 6.45) is 3.57. The molecule has 0 bridgehead atoms. The van der Waals surface area contributed by atoms with Crippen LogP contribution in [0.15, 0.2) is 99.6 Å². The summed E-state index contributed by atoms with van der Waals surface area (Å²) in [6.45, 7) is 3.01. The van der Waals surface area contributed by atoms with E-state index in [0.717, 1.165) is 18.8 Å². The van der Waals surface area contributed by atoms with Crippen LogP contribution in [-0.2, 0) is 21.0 Å². The van der Waals surface area contributed by atoms with Gasteiger partial charge in [0.05, 0.1) is 17.5 Å². The molecule has 0 saturated carbocycles. The lowest BCUT2D eigenvalue weighted by Crippen LogP contribution is -2.21. The quantitative estimate of drug-likeness (QED) is 0.156. The Labute approximate surface area is 195 Å². The zero-order valence-electron chi connectivity index (χ0n) is 18.0. The highest BCUT2D eigenvalue weighted by Crippen LogP contribution is 2.31. The normalized spacial score (nSPS) is 11.6. The van der Waals surface area contributed by atoms with Crippen molar-refractivity contribution in [2.75, 3.05) is 6.61 Å². The number of halogens is 3. The van der Waals surface area contributed by atoms with E-state index in [4.69, 9.17) is 17.7 Å². The first-order chi connectivity index (χ1) is 15.6. The van der Waals surface area contributed by atoms with Gasteiger partial charge in [-0.2, -0.15) is 13.2 Å². The molecular weight excluding hydrogens is 473 g/mol. The third-order valence-electron chi connectivity index (χ3n) is 4.32. The van der Waals surface area contributed by atoms with E-state index in [1.165, 1.54) is 27.5 Å². The van der Waals surface area contributed by atoms with Crippen LogP contribution in [0.3, 0.4) is 0 Å². The van der Waals surface area contributed by atoms with Gasteiger partial charge in [0.25, 0.3) is 0 Å². The fraction of sp³-hybridized carbons (Fsp3) is 0.250. The number of alkyl halides is 3. The SMILES string of the molecule is CCCCCOc1ccc([S+](c2ccccc2)c2ccccc2)cc1.O=S(=O)([O-])C(F)(F)F. The van der Waals surface area contributed by atoms with E-state index in [1.54, 1.807) is 0 Å². The summed E-state index contributed by atoms with van der Waals surface area (Å²) in [7, 11) is -6.18. The molecule has 0 atom stereocenters. The van der Waals surface area contributed by atoms with Crippen molar-refractivity contribution in [1.82, 2.24) is 0 Å². The van der Waals surface area contributed by atoms with Gasteiger partial charge in [0.15, 0.2) is 24.8 Å². The number of benzene rings is 3. The summed E-state index contributed by atoms with van der Waals surface area (Å²) in [6, 6.07) is 30.1. The van der Waals surface area contributed by atoms with Gasteiger partial charge in [-0.25, -0.2) is 8.42 Å². The maximum absolute atomic E-state index is 10.7. The predicted octanol–water partition coefficient (Wildman–Crippen LogP) is 6.40. The monoisotopic (exact) mass is 498 g/mol. The van der Waals surface area contributed by atoms with Crippen LogP contribution < -0.4 is 4.74 Å². The average molecular weight is 499 g/mol. The molecule has 178 valence electrons. The van der Waals surface area contributed by atoms with Gasteiger partial charge >= 0.3 is 5.51 Å². The first-order valence-corrected chi connectivity index (χ1v) is 12.9. The molecule has 0 saturated heterocycles. The summed E-state index contributed by atoms with van der Waals surface area (Å²) in [5, 5.41) is 0. The van der Waals surface area contributed by atoms with E-state index in [9.17, 15) is 13.2 Å². The minimum atomic E-state index is -6.09. The summed E-state index contributed by atoms with van der Waals surface area (Å²) in [4.78, 5) is 3.99. The Balaban J connectivity index is 0.000000414. The van der Waals surface area contributed by atoms with Gasteiger partial charge in [-0.05, 0) is 55.0 Å². The molecule has 33 heavy (non-hydrogen) atoms. The van der Waals surface area contributed by atoms with Gasteiger partial charge in [-0.15, -0.1) is 0 Å². The predicted molar refractivity (Wildman–Crippen MR) is 122 cm³/mol. The molecule has 0 aromatic heterocycles. The molecule has 9 heteroatoms. The van der Waals surface area contributed by atoms with E-state index in [0.29, 0.717) is 0 Å². The Hall–Kier alpha value is -2.49. The summed E-state index contributed by atoms with van der Waals surface area (Å²) in [5.41, 5.74) is -5.65. The summed E-state index contributed by atoms with van der Waals surface area (Å²) >= 11 is 0. The van der Waals surface area contributed by atoms with E-state index < -0.39 is 15.6 Å².